The van der Waals surface area contributed by atoms with Crippen molar-refractivity contribution < 1.29 is 13.9 Å². The molecule has 26 heavy (non-hydrogen) atoms. The SMILES string of the molecule is CN=C(NCc1cc(F)cc2c1OCOC2)N(C)CCc1cccs1.I. The van der Waals surface area contributed by atoms with Crippen LogP contribution in [0.25, 0.3) is 0 Å². The third-order valence-electron chi connectivity index (χ3n) is 4.04. The van der Waals surface area contributed by atoms with Gasteiger partial charge in [-0.3, -0.25) is 4.99 Å². The maximum Gasteiger partial charge on any atom is 0.193 e. The number of guanidine groups is 1. The van der Waals surface area contributed by atoms with Crippen LogP contribution in [-0.2, 0) is 24.3 Å². The lowest BCUT2D eigenvalue weighted by Gasteiger charge is -2.24. The number of benzene rings is 1. The van der Waals surface area contributed by atoms with E-state index in [1.807, 2.05) is 7.05 Å². The standard InChI is InChI=1S/C18H22FN3O2S.HI/c1-20-18(22(2)6-5-16-4-3-7-25-16)21-10-13-8-15(19)9-14-11-23-12-24-17(13)14;/h3-4,7-9H,5-6,10-12H2,1-2H3,(H,20,21);1H. The average molecular weight is 491 g/mol. The van der Waals surface area contributed by atoms with Gasteiger partial charge in [0.1, 0.15) is 11.6 Å². The van der Waals surface area contributed by atoms with Gasteiger partial charge < -0.3 is 19.7 Å². The molecule has 1 aliphatic heterocycles. The second kappa shape index (κ2) is 10.1. The highest BCUT2D eigenvalue weighted by Gasteiger charge is 2.17. The van der Waals surface area contributed by atoms with Crippen LogP contribution in [-0.4, -0.2) is 38.3 Å². The highest BCUT2D eigenvalue weighted by Crippen LogP contribution is 2.29. The zero-order valence-corrected chi connectivity index (χ0v) is 18.0. The number of thiophene rings is 1. The van der Waals surface area contributed by atoms with Crippen molar-refractivity contribution in [3.8, 4) is 5.75 Å². The highest BCUT2D eigenvalue weighted by molar-refractivity contribution is 14.0. The Balaban J connectivity index is 0.00000243. The van der Waals surface area contributed by atoms with E-state index in [9.17, 15) is 4.39 Å². The summed E-state index contributed by atoms with van der Waals surface area (Å²) >= 11 is 1.75. The summed E-state index contributed by atoms with van der Waals surface area (Å²) in [5, 5.41) is 5.37. The number of rotatable bonds is 5. The van der Waals surface area contributed by atoms with Gasteiger partial charge in [0.05, 0.1) is 6.61 Å². The molecular weight excluding hydrogens is 468 g/mol. The molecule has 2 aromatic rings. The molecule has 1 aromatic carbocycles. The van der Waals surface area contributed by atoms with Crippen LogP contribution in [0.15, 0.2) is 34.6 Å². The molecule has 0 aliphatic carbocycles. The van der Waals surface area contributed by atoms with Gasteiger partial charge in [0.25, 0.3) is 0 Å². The third kappa shape index (κ3) is 5.31. The van der Waals surface area contributed by atoms with Gasteiger partial charge in [-0.25, -0.2) is 4.39 Å². The first-order valence-corrected chi connectivity index (χ1v) is 9.01. The molecule has 142 valence electrons. The quantitative estimate of drug-likeness (QED) is 0.395. The molecule has 0 saturated heterocycles. The van der Waals surface area contributed by atoms with Crippen molar-refractivity contribution in [3.63, 3.8) is 0 Å². The average Bonchev–Trinajstić information content (AvgIpc) is 3.13. The van der Waals surface area contributed by atoms with Crippen molar-refractivity contribution in [1.82, 2.24) is 10.2 Å². The second-order valence-electron chi connectivity index (χ2n) is 5.82. The molecule has 0 bridgehead atoms. The van der Waals surface area contributed by atoms with Crippen molar-refractivity contribution >= 4 is 41.3 Å². The van der Waals surface area contributed by atoms with Crippen LogP contribution in [0.4, 0.5) is 4.39 Å². The van der Waals surface area contributed by atoms with Gasteiger partial charge in [0.15, 0.2) is 12.8 Å². The Labute approximate surface area is 174 Å². The number of ether oxygens (including phenoxy) is 2. The molecule has 5 nitrogen and oxygen atoms in total. The summed E-state index contributed by atoms with van der Waals surface area (Å²) in [4.78, 5) is 7.72. The molecule has 0 unspecified atom stereocenters. The molecule has 0 atom stereocenters. The molecule has 0 radical (unpaired) electrons. The van der Waals surface area contributed by atoms with Crippen molar-refractivity contribution in [2.45, 2.75) is 19.6 Å². The summed E-state index contributed by atoms with van der Waals surface area (Å²) in [6.07, 6.45) is 0.963. The molecule has 1 aromatic heterocycles. The zero-order chi connectivity index (χ0) is 17.6. The van der Waals surface area contributed by atoms with Gasteiger partial charge in [-0.05, 0) is 30.0 Å². The predicted octanol–water partition coefficient (Wildman–Crippen LogP) is 3.62. The van der Waals surface area contributed by atoms with E-state index in [0.717, 1.165) is 30.1 Å². The first kappa shape index (κ1) is 20.9. The van der Waals surface area contributed by atoms with Crippen LogP contribution >= 0.6 is 35.3 Å². The minimum Gasteiger partial charge on any atom is -0.467 e. The Kier molecular flexibility index (Phi) is 8.11. The topological polar surface area (TPSA) is 46.1 Å². The lowest BCUT2D eigenvalue weighted by Crippen LogP contribution is -2.39. The van der Waals surface area contributed by atoms with Crippen LogP contribution in [0, 0.1) is 5.82 Å². The summed E-state index contributed by atoms with van der Waals surface area (Å²) in [6.45, 7) is 1.86. The summed E-state index contributed by atoms with van der Waals surface area (Å²) in [5.41, 5.74) is 1.51. The number of hydrogen-bond acceptors (Lipinski definition) is 4. The first-order chi connectivity index (χ1) is 12.2. The van der Waals surface area contributed by atoms with E-state index in [4.69, 9.17) is 9.47 Å². The molecule has 8 heteroatoms. The van der Waals surface area contributed by atoms with Gasteiger partial charge >= 0.3 is 0 Å². The molecule has 0 spiro atoms. The number of halogens is 2. The zero-order valence-electron chi connectivity index (χ0n) is 14.8. The lowest BCUT2D eigenvalue weighted by molar-refractivity contribution is -0.0173. The predicted molar refractivity (Wildman–Crippen MR) is 113 cm³/mol. The van der Waals surface area contributed by atoms with Crippen molar-refractivity contribution in [1.29, 1.82) is 0 Å². The molecule has 0 fully saturated rings. The Morgan fingerprint density at radius 2 is 2.27 bits per heavy atom. The van der Waals surface area contributed by atoms with Gasteiger partial charge in [0.2, 0.25) is 0 Å². The maximum absolute atomic E-state index is 13.8. The van der Waals surface area contributed by atoms with Crippen LogP contribution in [0.5, 0.6) is 5.75 Å². The Bertz CT molecular complexity index is 740. The first-order valence-electron chi connectivity index (χ1n) is 8.13. The molecule has 2 heterocycles. The maximum atomic E-state index is 13.8. The lowest BCUT2D eigenvalue weighted by atomic mass is 10.1. The fourth-order valence-electron chi connectivity index (χ4n) is 2.79. The fourth-order valence-corrected chi connectivity index (χ4v) is 3.48. The smallest absolute Gasteiger partial charge is 0.193 e. The number of aliphatic imine (C=N–C) groups is 1. The van der Waals surface area contributed by atoms with Crippen LogP contribution in [0.1, 0.15) is 16.0 Å². The van der Waals surface area contributed by atoms with E-state index in [0.29, 0.717) is 18.9 Å². The van der Waals surface area contributed by atoms with Gasteiger partial charge in [-0.1, -0.05) is 6.07 Å². The van der Waals surface area contributed by atoms with E-state index >= 15 is 0 Å². The number of nitrogens with zero attached hydrogens (tertiary/aromatic N) is 2. The number of hydrogen-bond donors (Lipinski definition) is 1. The number of fused-ring (bicyclic) bond motifs is 1. The summed E-state index contributed by atoms with van der Waals surface area (Å²) in [5.74, 6) is 1.18. The van der Waals surface area contributed by atoms with E-state index in [1.165, 1.54) is 17.0 Å². The number of nitrogens with one attached hydrogen (secondary N) is 1. The van der Waals surface area contributed by atoms with E-state index in [1.54, 1.807) is 18.4 Å². The van der Waals surface area contributed by atoms with Gasteiger partial charge in [0, 0.05) is 43.2 Å². The summed E-state index contributed by atoms with van der Waals surface area (Å²) in [7, 11) is 3.74. The normalized spacial score (nSPS) is 13.4. The van der Waals surface area contributed by atoms with E-state index < -0.39 is 0 Å². The van der Waals surface area contributed by atoms with E-state index in [-0.39, 0.29) is 36.6 Å². The summed E-state index contributed by atoms with van der Waals surface area (Å²) < 4.78 is 24.6. The molecular formula is C18H23FIN3O2S. The molecule has 1 aliphatic rings. The number of likely N-dealkylation sites (N-methyl/N-ethyl adjacent to an activating group) is 1. The largest absolute Gasteiger partial charge is 0.467 e. The molecule has 3 rings (SSSR count). The fraction of sp³-hybridized carbons (Fsp3) is 0.389. The monoisotopic (exact) mass is 491 g/mol. The minimum absolute atomic E-state index is 0. The van der Waals surface area contributed by atoms with E-state index in [2.05, 4.69) is 32.7 Å². The van der Waals surface area contributed by atoms with Crippen molar-refractivity contribution in [3.05, 3.63) is 51.5 Å². The second-order valence-corrected chi connectivity index (χ2v) is 6.85. The minimum atomic E-state index is -0.286. The Morgan fingerprint density at radius 1 is 1.42 bits per heavy atom. The molecule has 0 saturated carbocycles. The summed E-state index contributed by atoms with van der Waals surface area (Å²) in [6, 6.07) is 7.15. The van der Waals surface area contributed by atoms with Crippen molar-refractivity contribution in [2.75, 3.05) is 27.4 Å². The van der Waals surface area contributed by atoms with Crippen LogP contribution < -0.4 is 10.1 Å². The Hall–Kier alpha value is -1.39. The Morgan fingerprint density at radius 3 is 3.00 bits per heavy atom. The molecule has 0 amide bonds. The van der Waals surface area contributed by atoms with Gasteiger partial charge in [-0.15, -0.1) is 35.3 Å². The highest BCUT2D eigenvalue weighted by atomic mass is 127. The van der Waals surface area contributed by atoms with Gasteiger partial charge in [-0.2, -0.15) is 0 Å². The molecule has 1 N–H and O–H groups in total. The van der Waals surface area contributed by atoms with Crippen molar-refractivity contribution in [2.24, 2.45) is 4.99 Å². The van der Waals surface area contributed by atoms with Crippen LogP contribution in [0.3, 0.4) is 0 Å². The third-order valence-corrected chi connectivity index (χ3v) is 4.97. The van der Waals surface area contributed by atoms with Crippen LogP contribution in [0.2, 0.25) is 0 Å².